The van der Waals surface area contributed by atoms with Gasteiger partial charge < -0.3 is 9.73 Å². The summed E-state index contributed by atoms with van der Waals surface area (Å²) in [5.41, 5.74) is 2.38. The highest BCUT2D eigenvalue weighted by atomic mass is 32.2. The maximum absolute atomic E-state index is 13.9. The number of carbonyl (C=O) groups excluding carboxylic acids is 1. The monoisotopic (exact) mass is 444 g/mol. The number of nitrogens with one attached hydrogen (secondary N) is 1. The molecule has 0 radical (unpaired) electrons. The fourth-order valence-corrected chi connectivity index (χ4v) is 4.10. The van der Waals surface area contributed by atoms with Crippen LogP contribution in [0.2, 0.25) is 0 Å². The number of hydrogen-bond acceptors (Lipinski definition) is 4. The molecule has 0 saturated carbocycles. The van der Waals surface area contributed by atoms with E-state index in [0.717, 1.165) is 15.4 Å². The van der Waals surface area contributed by atoms with Crippen molar-refractivity contribution in [3.63, 3.8) is 0 Å². The van der Waals surface area contributed by atoms with Crippen LogP contribution in [0.4, 0.5) is 10.1 Å². The number of hydrogen-bond donors (Lipinski definition) is 1. The number of rotatable bonds is 7. The van der Waals surface area contributed by atoms with E-state index in [4.69, 9.17) is 4.42 Å². The second-order valence-corrected chi connectivity index (χ2v) is 9.65. The van der Waals surface area contributed by atoms with Crippen LogP contribution in [0.3, 0.4) is 0 Å². The third kappa shape index (κ3) is 5.03. The Balaban J connectivity index is 1.71. The van der Waals surface area contributed by atoms with Gasteiger partial charge in [0.05, 0.1) is 10.5 Å². The van der Waals surface area contributed by atoms with Crippen LogP contribution in [0, 0.1) is 19.7 Å². The molecule has 0 saturated heterocycles. The Hall–Kier alpha value is -2.97. The quantitative estimate of drug-likeness (QED) is 0.581. The molecule has 2 aromatic carbocycles. The van der Waals surface area contributed by atoms with E-state index in [1.807, 2.05) is 6.92 Å². The fourth-order valence-electron chi connectivity index (χ4n) is 3.08. The Bertz CT molecular complexity index is 1220. The Morgan fingerprint density at radius 1 is 1.10 bits per heavy atom. The predicted molar refractivity (Wildman–Crippen MR) is 118 cm³/mol. The minimum absolute atomic E-state index is 0.122. The van der Waals surface area contributed by atoms with Crippen molar-refractivity contribution in [1.82, 2.24) is 4.31 Å². The molecule has 0 aliphatic heterocycles. The number of halogens is 1. The molecule has 164 valence electrons. The molecule has 3 rings (SSSR count). The van der Waals surface area contributed by atoms with Gasteiger partial charge in [0.15, 0.2) is 0 Å². The molecular weight excluding hydrogens is 419 g/mol. The molecule has 6 nitrogen and oxygen atoms in total. The normalized spacial score (nSPS) is 11.7. The van der Waals surface area contributed by atoms with Gasteiger partial charge in [-0.05, 0) is 61.4 Å². The van der Waals surface area contributed by atoms with Gasteiger partial charge in [0.25, 0.3) is 0 Å². The highest BCUT2D eigenvalue weighted by molar-refractivity contribution is 7.89. The average Bonchev–Trinajstić information content (AvgIpc) is 3.18. The van der Waals surface area contributed by atoms with Crippen LogP contribution < -0.4 is 5.32 Å². The highest BCUT2D eigenvalue weighted by Crippen LogP contribution is 2.27. The lowest BCUT2D eigenvalue weighted by atomic mass is 10.1. The van der Waals surface area contributed by atoms with Crippen molar-refractivity contribution in [1.29, 1.82) is 0 Å². The molecule has 1 heterocycles. The Morgan fingerprint density at radius 2 is 1.81 bits per heavy atom. The van der Waals surface area contributed by atoms with E-state index < -0.39 is 10.0 Å². The standard InChI is InChI=1S/C23H25FN2O4S/c1-15-13-18(31(28,29)26(3)4)14-21(16(15)2)25-23(27)12-10-17-9-11-22(30-17)19-7-5-6-8-20(19)24/h5-9,11,13-14H,10,12H2,1-4H3,(H,25,27). The lowest BCUT2D eigenvalue weighted by Crippen LogP contribution is -2.23. The molecule has 0 spiro atoms. The summed E-state index contributed by atoms with van der Waals surface area (Å²) < 4.78 is 45.6. The molecule has 0 aliphatic rings. The van der Waals surface area contributed by atoms with Gasteiger partial charge in [0.1, 0.15) is 17.3 Å². The van der Waals surface area contributed by atoms with Crippen molar-refractivity contribution < 1.29 is 22.0 Å². The number of aryl methyl sites for hydroxylation is 2. The lowest BCUT2D eigenvalue weighted by molar-refractivity contribution is -0.116. The van der Waals surface area contributed by atoms with E-state index in [1.54, 1.807) is 43.3 Å². The number of carbonyl (C=O) groups is 1. The first kappa shape index (κ1) is 22.7. The molecule has 8 heteroatoms. The first-order valence-corrected chi connectivity index (χ1v) is 11.2. The largest absolute Gasteiger partial charge is 0.461 e. The molecule has 3 aromatic rings. The van der Waals surface area contributed by atoms with Crippen molar-refractivity contribution in [2.75, 3.05) is 19.4 Å². The van der Waals surface area contributed by atoms with Gasteiger partial charge >= 0.3 is 0 Å². The first-order chi connectivity index (χ1) is 14.6. The van der Waals surface area contributed by atoms with Crippen molar-refractivity contribution in [3.8, 4) is 11.3 Å². The van der Waals surface area contributed by atoms with E-state index in [0.29, 0.717) is 29.2 Å². The second kappa shape index (κ2) is 9.03. The SMILES string of the molecule is Cc1cc(S(=O)(=O)N(C)C)cc(NC(=O)CCc2ccc(-c3ccccc3F)o2)c1C. The number of nitrogens with zero attached hydrogens (tertiary/aromatic N) is 1. The molecule has 1 aromatic heterocycles. The zero-order valence-electron chi connectivity index (χ0n) is 17.9. The summed E-state index contributed by atoms with van der Waals surface area (Å²) in [6, 6.07) is 12.8. The molecule has 0 fully saturated rings. The highest BCUT2D eigenvalue weighted by Gasteiger charge is 2.20. The maximum atomic E-state index is 13.9. The summed E-state index contributed by atoms with van der Waals surface area (Å²) in [7, 11) is -0.700. The van der Waals surface area contributed by atoms with Gasteiger partial charge in [-0.3, -0.25) is 4.79 Å². The Labute approximate surface area is 181 Å². The second-order valence-electron chi connectivity index (χ2n) is 7.49. The predicted octanol–water partition coefficient (Wildman–Crippen LogP) is 4.52. The summed E-state index contributed by atoms with van der Waals surface area (Å²) >= 11 is 0. The van der Waals surface area contributed by atoms with E-state index in [9.17, 15) is 17.6 Å². The van der Waals surface area contributed by atoms with Crippen molar-refractivity contribution in [2.24, 2.45) is 0 Å². The van der Waals surface area contributed by atoms with Crippen LogP contribution >= 0.6 is 0 Å². The Kier molecular flexibility index (Phi) is 6.62. The van der Waals surface area contributed by atoms with Gasteiger partial charge in [-0.1, -0.05) is 12.1 Å². The third-order valence-corrected chi connectivity index (χ3v) is 6.89. The van der Waals surface area contributed by atoms with E-state index in [1.165, 1.54) is 26.2 Å². The molecule has 1 amide bonds. The molecule has 0 bridgehead atoms. The van der Waals surface area contributed by atoms with Crippen LogP contribution in [0.5, 0.6) is 0 Å². The summed E-state index contributed by atoms with van der Waals surface area (Å²) in [5, 5.41) is 2.80. The van der Waals surface area contributed by atoms with Gasteiger partial charge in [-0.25, -0.2) is 17.1 Å². The fraction of sp³-hybridized carbons (Fsp3) is 0.261. The number of furan rings is 1. The molecule has 0 unspecified atom stereocenters. The van der Waals surface area contributed by atoms with E-state index in [2.05, 4.69) is 5.32 Å². The molecule has 0 atom stereocenters. The average molecular weight is 445 g/mol. The van der Waals surface area contributed by atoms with Crippen LogP contribution in [0.1, 0.15) is 23.3 Å². The smallest absolute Gasteiger partial charge is 0.242 e. The molecular formula is C23H25FN2O4S. The Morgan fingerprint density at radius 3 is 2.48 bits per heavy atom. The molecule has 0 aliphatic carbocycles. The van der Waals surface area contributed by atoms with Crippen molar-refractivity contribution in [2.45, 2.75) is 31.6 Å². The summed E-state index contributed by atoms with van der Waals surface area (Å²) in [6.45, 7) is 3.62. The minimum atomic E-state index is -3.62. The van der Waals surface area contributed by atoms with E-state index in [-0.39, 0.29) is 23.0 Å². The van der Waals surface area contributed by atoms with Gasteiger partial charge in [0.2, 0.25) is 15.9 Å². The van der Waals surface area contributed by atoms with Crippen LogP contribution in [0.15, 0.2) is 57.8 Å². The van der Waals surface area contributed by atoms with Crippen LogP contribution in [0.25, 0.3) is 11.3 Å². The zero-order valence-corrected chi connectivity index (χ0v) is 18.7. The third-order valence-electron chi connectivity index (χ3n) is 5.09. The van der Waals surface area contributed by atoms with Gasteiger partial charge in [0, 0.05) is 32.6 Å². The van der Waals surface area contributed by atoms with Gasteiger partial charge in [-0.15, -0.1) is 0 Å². The number of anilines is 1. The van der Waals surface area contributed by atoms with Crippen LogP contribution in [-0.2, 0) is 21.2 Å². The van der Waals surface area contributed by atoms with Crippen molar-refractivity contribution in [3.05, 3.63) is 71.2 Å². The van der Waals surface area contributed by atoms with Gasteiger partial charge in [-0.2, -0.15) is 0 Å². The number of benzene rings is 2. The summed E-state index contributed by atoms with van der Waals surface area (Å²) in [6.07, 6.45) is 0.460. The van der Waals surface area contributed by atoms with Crippen LogP contribution in [-0.4, -0.2) is 32.7 Å². The molecule has 1 N–H and O–H groups in total. The topological polar surface area (TPSA) is 79.6 Å². The maximum Gasteiger partial charge on any atom is 0.242 e. The van der Waals surface area contributed by atoms with E-state index >= 15 is 0 Å². The molecule has 31 heavy (non-hydrogen) atoms. The lowest BCUT2D eigenvalue weighted by Gasteiger charge is -2.16. The first-order valence-electron chi connectivity index (χ1n) is 9.77. The zero-order chi connectivity index (χ0) is 22.8. The summed E-state index contributed by atoms with van der Waals surface area (Å²) in [5.74, 6) is 0.317. The summed E-state index contributed by atoms with van der Waals surface area (Å²) in [4.78, 5) is 12.6. The number of sulfonamides is 1. The minimum Gasteiger partial charge on any atom is -0.461 e. The number of amides is 1. The van der Waals surface area contributed by atoms with Crippen molar-refractivity contribution >= 4 is 21.6 Å².